The van der Waals surface area contributed by atoms with Gasteiger partial charge in [-0.05, 0) is 0 Å². The summed E-state index contributed by atoms with van der Waals surface area (Å²) >= 11 is 0. The minimum absolute atomic E-state index is 0. The second kappa shape index (κ2) is 5.29. The van der Waals surface area contributed by atoms with Crippen LogP contribution < -0.4 is 11.0 Å². The van der Waals surface area contributed by atoms with Crippen LogP contribution in [0, 0.1) is 6.42 Å². The Bertz CT molecular complexity index is 722. The predicted octanol–water partition coefficient (Wildman–Crippen LogP) is -0.786. The predicted molar refractivity (Wildman–Crippen MR) is 60.9 cm³/mol. The molecule has 3 rings (SSSR count). The molecule has 1 radical (unpaired) electrons. The monoisotopic (exact) mass is 354 g/mol. The molecule has 1 fully saturated rings. The molecule has 0 spiro atoms. The summed E-state index contributed by atoms with van der Waals surface area (Å²) in [6, 6.07) is 0. The molecule has 2 aromatic rings. The summed E-state index contributed by atoms with van der Waals surface area (Å²) in [4.78, 5) is 27.4. The Morgan fingerprint density at radius 3 is 2.90 bits per heavy atom. The second-order valence-corrected chi connectivity index (χ2v) is 4.34. The zero-order valence-corrected chi connectivity index (χ0v) is 13.4. The Kier molecular flexibility index (Phi) is 4.01. The van der Waals surface area contributed by atoms with Crippen molar-refractivity contribution in [3.63, 3.8) is 0 Å². The maximum absolute atomic E-state index is 13.8. The molecule has 0 aliphatic heterocycles. The summed E-state index contributed by atoms with van der Waals surface area (Å²) in [6.07, 6.45) is 3.38. The average Bonchev–Trinajstić information content (AvgIpc) is 2.76. The number of carbonyl (C=O) groups excluding carboxylic acids is 1. The number of alkyl halides is 1. The van der Waals surface area contributed by atoms with E-state index in [-0.39, 0.29) is 50.5 Å². The van der Waals surface area contributed by atoms with Gasteiger partial charge in [0.2, 0.25) is 0 Å². The molecule has 2 aromatic heterocycles. The summed E-state index contributed by atoms with van der Waals surface area (Å²) in [5, 5.41) is 9.49. The summed E-state index contributed by atoms with van der Waals surface area (Å²) in [5.74, 6) is -2.51. The number of amides is 1. The normalized spacial score (nSPS) is 21.1. The van der Waals surface area contributed by atoms with Crippen LogP contribution in [-0.4, -0.2) is 36.1 Å². The Hall–Kier alpha value is -1.22. The van der Waals surface area contributed by atoms with E-state index in [1.54, 1.807) is 0 Å². The van der Waals surface area contributed by atoms with E-state index in [9.17, 15) is 14.0 Å². The molecule has 1 aliphatic carbocycles. The van der Waals surface area contributed by atoms with Gasteiger partial charge in [0.25, 0.3) is 5.91 Å². The van der Waals surface area contributed by atoms with Crippen LogP contribution in [0.2, 0.25) is 0 Å². The van der Waals surface area contributed by atoms with Gasteiger partial charge < -0.3 is 5.32 Å². The molecule has 0 saturated heterocycles. The average molecular weight is 354 g/mol. The van der Waals surface area contributed by atoms with E-state index in [4.69, 9.17) is 0 Å². The van der Waals surface area contributed by atoms with E-state index in [0.717, 1.165) is 15.4 Å². The number of aryl methyl sites for hydroxylation is 1. The number of nitrogens with zero attached hydrogens (tertiary/aromatic N) is 5. The van der Waals surface area contributed by atoms with Crippen molar-refractivity contribution in [2.24, 2.45) is 7.05 Å². The fraction of sp³-hybridized carbons (Fsp3) is 0.400. The molecule has 1 atom stereocenters. The molecule has 8 nitrogen and oxygen atoms in total. The quantitative estimate of drug-likeness (QED) is 0.564. The molecule has 1 saturated carbocycles. The molecular formula is C10H10FN6O2Y-. The molecule has 20 heavy (non-hydrogen) atoms. The van der Waals surface area contributed by atoms with Gasteiger partial charge >= 0.3 is 5.69 Å². The molecule has 0 bridgehead atoms. The van der Waals surface area contributed by atoms with Crippen LogP contribution in [0.1, 0.15) is 23.3 Å². The van der Waals surface area contributed by atoms with Crippen LogP contribution in [-0.2, 0) is 39.8 Å². The van der Waals surface area contributed by atoms with E-state index in [2.05, 4.69) is 20.6 Å². The number of rotatable bonds is 2. The first-order chi connectivity index (χ1) is 9.00. The Balaban J connectivity index is 0.00000147. The maximum Gasteiger partial charge on any atom is 0.352 e. The molecule has 1 aliphatic rings. The van der Waals surface area contributed by atoms with Gasteiger partial charge in [-0.25, -0.2) is 14.2 Å². The zero-order valence-electron chi connectivity index (χ0n) is 10.6. The van der Waals surface area contributed by atoms with E-state index in [0.29, 0.717) is 6.42 Å². The van der Waals surface area contributed by atoms with Gasteiger partial charge in [-0.15, -0.1) is 5.10 Å². The third-order valence-electron chi connectivity index (χ3n) is 3.01. The summed E-state index contributed by atoms with van der Waals surface area (Å²) in [5.41, 5.74) is -0.604. The van der Waals surface area contributed by atoms with E-state index < -0.39 is 17.4 Å². The number of halogens is 1. The number of hydrogen-bond acceptors (Lipinski definition) is 5. The second-order valence-electron chi connectivity index (χ2n) is 4.34. The van der Waals surface area contributed by atoms with Gasteiger partial charge in [-0.1, -0.05) is 11.6 Å². The van der Waals surface area contributed by atoms with Crippen LogP contribution in [0.4, 0.5) is 4.39 Å². The fourth-order valence-corrected chi connectivity index (χ4v) is 1.80. The first-order valence-electron chi connectivity index (χ1n) is 5.63. The Morgan fingerprint density at radius 1 is 1.60 bits per heavy atom. The summed E-state index contributed by atoms with van der Waals surface area (Å²) < 4.78 is 15.9. The van der Waals surface area contributed by atoms with Gasteiger partial charge in [0.15, 0.2) is 11.3 Å². The van der Waals surface area contributed by atoms with Crippen molar-refractivity contribution in [2.75, 3.05) is 0 Å². The van der Waals surface area contributed by atoms with Crippen molar-refractivity contribution in [3.8, 4) is 0 Å². The third-order valence-corrected chi connectivity index (χ3v) is 3.01. The van der Waals surface area contributed by atoms with Gasteiger partial charge in [0.1, 0.15) is 6.33 Å². The van der Waals surface area contributed by atoms with Gasteiger partial charge in [0.05, 0.1) is 5.79 Å². The topological polar surface area (TPSA) is 94.2 Å². The molecule has 103 valence electrons. The minimum Gasteiger partial charge on any atom is -0.345 e. The molecule has 2 heterocycles. The van der Waals surface area contributed by atoms with Crippen LogP contribution in [0.15, 0.2) is 11.1 Å². The van der Waals surface area contributed by atoms with Crippen molar-refractivity contribution in [1.82, 2.24) is 29.7 Å². The summed E-state index contributed by atoms with van der Waals surface area (Å²) in [7, 11) is 1.42. The number of aromatic nitrogens is 5. The molecular weight excluding hydrogens is 344 g/mol. The smallest absolute Gasteiger partial charge is 0.345 e. The van der Waals surface area contributed by atoms with Crippen molar-refractivity contribution in [1.29, 1.82) is 0 Å². The first-order valence-corrected chi connectivity index (χ1v) is 5.63. The molecule has 1 N–H and O–H groups in total. The Labute approximate surface area is 137 Å². The number of imidazole rings is 1. The van der Waals surface area contributed by atoms with Gasteiger partial charge in [0, 0.05) is 39.8 Å². The number of fused-ring (bicyclic) bond motifs is 1. The zero-order chi connectivity index (χ0) is 13.6. The molecule has 1 unspecified atom stereocenters. The van der Waals surface area contributed by atoms with Gasteiger partial charge in [-0.3, -0.25) is 15.6 Å². The first kappa shape index (κ1) is 15.2. The van der Waals surface area contributed by atoms with Crippen LogP contribution in [0.25, 0.3) is 5.65 Å². The van der Waals surface area contributed by atoms with Gasteiger partial charge in [-0.2, -0.15) is 11.1 Å². The number of nitrogens with one attached hydrogen (secondary N) is 1. The van der Waals surface area contributed by atoms with Crippen LogP contribution in [0.3, 0.4) is 0 Å². The van der Waals surface area contributed by atoms with E-state index in [1.165, 1.54) is 13.5 Å². The van der Waals surface area contributed by atoms with Crippen molar-refractivity contribution in [3.05, 3.63) is 28.9 Å². The summed E-state index contributed by atoms with van der Waals surface area (Å²) in [6.45, 7) is 0. The SMILES string of the molecule is Cn1nnc2c(C(=O)NC3(F)[CH-]CC3)ncn2c1=O.[Y]. The number of hydrogen-bond donors (Lipinski definition) is 1. The van der Waals surface area contributed by atoms with E-state index in [1.807, 2.05) is 0 Å². The number of carbonyl (C=O) groups is 1. The van der Waals surface area contributed by atoms with Crippen molar-refractivity contribution in [2.45, 2.75) is 18.6 Å². The minimum atomic E-state index is -1.79. The van der Waals surface area contributed by atoms with Crippen molar-refractivity contribution < 1.29 is 41.9 Å². The van der Waals surface area contributed by atoms with Crippen LogP contribution in [0.5, 0.6) is 0 Å². The van der Waals surface area contributed by atoms with E-state index >= 15 is 0 Å². The maximum atomic E-state index is 13.8. The Morgan fingerprint density at radius 2 is 2.30 bits per heavy atom. The largest absolute Gasteiger partial charge is 0.352 e. The molecule has 0 aromatic carbocycles. The van der Waals surface area contributed by atoms with Crippen LogP contribution >= 0.6 is 0 Å². The fourth-order valence-electron chi connectivity index (χ4n) is 1.80. The molecule has 1 amide bonds. The standard InChI is InChI=1S/C10H10FN6O2.Y/c1-16-9(19)17-5-12-6(7(17)14-15-16)8(18)13-10(11)3-2-4-10;/h3,5H,2,4H2,1H3,(H,13,18);/q-1;. The third kappa shape index (κ3) is 2.39. The molecule has 10 heteroatoms. The van der Waals surface area contributed by atoms with Crippen molar-refractivity contribution >= 4 is 11.6 Å².